The number of aromatic amines is 1. The first-order valence-corrected chi connectivity index (χ1v) is 3.02. The van der Waals surface area contributed by atoms with Crippen molar-refractivity contribution in [2.75, 3.05) is 0 Å². The molecule has 1 aromatic rings. The van der Waals surface area contributed by atoms with Crippen molar-refractivity contribution in [2.45, 2.75) is 19.4 Å². The molecule has 0 aliphatic heterocycles. The van der Waals surface area contributed by atoms with Gasteiger partial charge in [-0.15, -0.1) is 0 Å². The highest BCUT2D eigenvalue weighted by Gasteiger charge is 2.04. The highest BCUT2D eigenvalue weighted by Crippen LogP contribution is 2.08. The summed E-state index contributed by atoms with van der Waals surface area (Å²) in [5, 5.41) is 9.12. The maximum Gasteiger partial charge on any atom is 0.134 e. The van der Waals surface area contributed by atoms with Crippen LogP contribution in [0.3, 0.4) is 0 Å². The SMILES string of the molecule is CC[C@@H](O)c1ncc[nH]1. The summed E-state index contributed by atoms with van der Waals surface area (Å²) >= 11 is 0. The molecule has 1 rings (SSSR count). The molecule has 1 heterocycles. The Morgan fingerprint density at radius 3 is 3.11 bits per heavy atom. The smallest absolute Gasteiger partial charge is 0.134 e. The minimum atomic E-state index is -0.431. The quantitative estimate of drug-likeness (QED) is 0.617. The van der Waals surface area contributed by atoms with Crippen LogP contribution in [-0.4, -0.2) is 15.1 Å². The summed E-state index contributed by atoms with van der Waals surface area (Å²) in [5.41, 5.74) is 0. The molecule has 0 saturated heterocycles. The normalized spacial score (nSPS) is 13.6. The molecule has 3 nitrogen and oxygen atoms in total. The van der Waals surface area contributed by atoms with Gasteiger partial charge in [-0.2, -0.15) is 0 Å². The third-order valence-corrected chi connectivity index (χ3v) is 1.22. The van der Waals surface area contributed by atoms with E-state index in [1.807, 2.05) is 6.92 Å². The zero-order valence-corrected chi connectivity index (χ0v) is 5.33. The first-order valence-electron chi connectivity index (χ1n) is 3.02. The van der Waals surface area contributed by atoms with E-state index in [0.29, 0.717) is 12.2 Å². The Morgan fingerprint density at radius 1 is 1.89 bits per heavy atom. The Labute approximate surface area is 53.7 Å². The largest absolute Gasteiger partial charge is 0.385 e. The van der Waals surface area contributed by atoms with Crippen LogP contribution in [0, 0.1) is 0 Å². The Hall–Kier alpha value is -0.830. The van der Waals surface area contributed by atoms with Crippen molar-refractivity contribution in [3.05, 3.63) is 18.2 Å². The van der Waals surface area contributed by atoms with Crippen LogP contribution in [0.4, 0.5) is 0 Å². The van der Waals surface area contributed by atoms with Crippen LogP contribution in [0.5, 0.6) is 0 Å². The Balaban J connectivity index is 2.65. The minimum absolute atomic E-state index is 0.431. The number of H-pyrrole nitrogens is 1. The van der Waals surface area contributed by atoms with Gasteiger partial charge in [0.1, 0.15) is 11.9 Å². The van der Waals surface area contributed by atoms with E-state index in [0.717, 1.165) is 0 Å². The van der Waals surface area contributed by atoms with Gasteiger partial charge in [-0.05, 0) is 6.42 Å². The van der Waals surface area contributed by atoms with E-state index < -0.39 is 6.10 Å². The Bertz CT molecular complexity index is 160. The van der Waals surface area contributed by atoms with Gasteiger partial charge in [-0.1, -0.05) is 6.92 Å². The number of aromatic nitrogens is 2. The van der Waals surface area contributed by atoms with Gasteiger partial charge in [0.2, 0.25) is 0 Å². The molecular formula is C6H10N2O. The second-order valence-corrected chi connectivity index (χ2v) is 1.90. The maximum absolute atomic E-state index is 9.12. The van der Waals surface area contributed by atoms with Gasteiger partial charge in [0.25, 0.3) is 0 Å². The third kappa shape index (κ3) is 1.29. The fourth-order valence-corrected chi connectivity index (χ4v) is 0.653. The zero-order chi connectivity index (χ0) is 6.69. The molecule has 0 bridgehead atoms. The summed E-state index contributed by atoms with van der Waals surface area (Å²) in [6.45, 7) is 1.91. The van der Waals surface area contributed by atoms with E-state index in [4.69, 9.17) is 5.11 Å². The van der Waals surface area contributed by atoms with E-state index >= 15 is 0 Å². The van der Waals surface area contributed by atoms with Crippen molar-refractivity contribution in [1.82, 2.24) is 9.97 Å². The van der Waals surface area contributed by atoms with Crippen molar-refractivity contribution in [3.63, 3.8) is 0 Å². The van der Waals surface area contributed by atoms with Crippen molar-refractivity contribution in [2.24, 2.45) is 0 Å². The average molecular weight is 126 g/mol. The van der Waals surface area contributed by atoms with Gasteiger partial charge < -0.3 is 10.1 Å². The molecule has 0 aromatic carbocycles. The van der Waals surface area contributed by atoms with Crippen LogP contribution in [-0.2, 0) is 0 Å². The predicted molar refractivity (Wildman–Crippen MR) is 33.8 cm³/mol. The number of hydrogen-bond donors (Lipinski definition) is 2. The van der Waals surface area contributed by atoms with Crippen LogP contribution in [0.1, 0.15) is 25.3 Å². The summed E-state index contributed by atoms with van der Waals surface area (Å²) in [6, 6.07) is 0. The molecule has 50 valence electrons. The number of aliphatic hydroxyl groups excluding tert-OH is 1. The Kier molecular flexibility index (Phi) is 1.85. The van der Waals surface area contributed by atoms with E-state index in [9.17, 15) is 0 Å². The molecule has 0 aliphatic carbocycles. The molecular weight excluding hydrogens is 116 g/mol. The molecule has 1 atom stereocenters. The van der Waals surface area contributed by atoms with Gasteiger partial charge >= 0.3 is 0 Å². The van der Waals surface area contributed by atoms with Crippen molar-refractivity contribution < 1.29 is 5.11 Å². The number of nitrogens with one attached hydrogen (secondary N) is 1. The van der Waals surface area contributed by atoms with E-state index in [1.54, 1.807) is 12.4 Å². The van der Waals surface area contributed by atoms with E-state index in [2.05, 4.69) is 9.97 Å². The summed E-state index contributed by atoms with van der Waals surface area (Å²) < 4.78 is 0. The summed E-state index contributed by atoms with van der Waals surface area (Å²) in [6.07, 6.45) is 3.61. The number of rotatable bonds is 2. The highest BCUT2D eigenvalue weighted by atomic mass is 16.3. The summed E-state index contributed by atoms with van der Waals surface area (Å²) in [4.78, 5) is 6.71. The molecule has 1 aromatic heterocycles. The standard InChI is InChI=1S/C6H10N2O/c1-2-5(9)6-7-3-4-8-6/h3-5,9H,2H2,1H3,(H,7,8)/t5-/m1/s1. The first-order chi connectivity index (χ1) is 4.34. The predicted octanol–water partition coefficient (Wildman–Crippen LogP) is 0.853. The molecule has 0 fully saturated rings. The van der Waals surface area contributed by atoms with E-state index in [-0.39, 0.29) is 0 Å². The van der Waals surface area contributed by atoms with Gasteiger partial charge in [0.05, 0.1) is 0 Å². The van der Waals surface area contributed by atoms with Gasteiger partial charge in [-0.3, -0.25) is 0 Å². The molecule has 2 N–H and O–H groups in total. The fourth-order valence-electron chi connectivity index (χ4n) is 0.653. The van der Waals surface area contributed by atoms with Gasteiger partial charge in [0, 0.05) is 12.4 Å². The molecule has 0 amide bonds. The second kappa shape index (κ2) is 2.64. The van der Waals surface area contributed by atoms with Crippen LogP contribution in [0.25, 0.3) is 0 Å². The highest BCUT2D eigenvalue weighted by molar-refractivity contribution is 4.90. The number of imidazole rings is 1. The monoisotopic (exact) mass is 126 g/mol. The van der Waals surface area contributed by atoms with Crippen molar-refractivity contribution in [3.8, 4) is 0 Å². The van der Waals surface area contributed by atoms with Gasteiger partial charge in [-0.25, -0.2) is 4.98 Å². The summed E-state index contributed by atoms with van der Waals surface area (Å²) in [7, 11) is 0. The van der Waals surface area contributed by atoms with E-state index in [1.165, 1.54) is 0 Å². The van der Waals surface area contributed by atoms with Crippen LogP contribution >= 0.6 is 0 Å². The number of nitrogens with zero attached hydrogens (tertiary/aromatic N) is 1. The topological polar surface area (TPSA) is 48.9 Å². The average Bonchev–Trinajstić information content (AvgIpc) is 2.37. The summed E-state index contributed by atoms with van der Waals surface area (Å²) in [5.74, 6) is 0.650. The molecule has 0 spiro atoms. The zero-order valence-electron chi connectivity index (χ0n) is 5.33. The van der Waals surface area contributed by atoms with Crippen molar-refractivity contribution in [1.29, 1.82) is 0 Å². The fraction of sp³-hybridized carbons (Fsp3) is 0.500. The molecule has 0 radical (unpaired) electrons. The van der Waals surface area contributed by atoms with Gasteiger partial charge in [0.15, 0.2) is 0 Å². The molecule has 9 heavy (non-hydrogen) atoms. The van der Waals surface area contributed by atoms with Crippen LogP contribution in [0.15, 0.2) is 12.4 Å². The number of hydrogen-bond acceptors (Lipinski definition) is 2. The lowest BCUT2D eigenvalue weighted by Crippen LogP contribution is -1.96. The third-order valence-electron chi connectivity index (χ3n) is 1.22. The molecule has 0 saturated carbocycles. The minimum Gasteiger partial charge on any atom is -0.385 e. The second-order valence-electron chi connectivity index (χ2n) is 1.90. The lowest BCUT2D eigenvalue weighted by molar-refractivity contribution is 0.164. The molecule has 0 unspecified atom stereocenters. The Morgan fingerprint density at radius 2 is 2.67 bits per heavy atom. The first kappa shape index (κ1) is 6.29. The number of aliphatic hydroxyl groups is 1. The molecule has 3 heteroatoms. The van der Waals surface area contributed by atoms with Crippen LogP contribution < -0.4 is 0 Å². The lowest BCUT2D eigenvalue weighted by Gasteiger charge is -2.00. The maximum atomic E-state index is 9.12. The lowest BCUT2D eigenvalue weighted by atomic mass is 10.3. The van der Waals surface area contributed by atoms with Crippen LogP contribution in [0.2, 0.25) is 0 Å². The molecule has 0 aliphatic rings. The van der Waals surface area contributed by atoms with Crippen molar-refractivity contribution >= 4 is 0 Å².